The van der Waals surface area contributed by atoms with Crippen molar-refractivity contribution >= 4 is 28.1 Å². The van der Waals surface area contributed by atoms with Gasteiger partial charge in [-0.1, -0.05) is 54.1 Å². The SMILES string of the molecule is COc1ccc(NCc2cc(Cl)c(OCc3cccc4ccccc34)c(OC)c2)cc1. The highest BCUT2D eigenvalue weighted by Crippen LogP contribution is 2.37. The molecule has 0 bridgehead atoms. The number of hydrogen-bond acceptors (Lipinski definition) is 4. The summed E-state index contributed by atoms with van der Waals surface area (Å²) in [6.45, 7) is 1.01. The minimum atomic E-state index is 0.404. The van der Waals surface area contributed by atoms with E-state index >= 15 is 0 Å². The number of halogens is 1. The summed E-state index contributed by atoms with van der Waals surface area (Å²) >= 11 is 6.57. The highest BCUT2D eigenvalue weighted by Gasteiger charge is 2.13. The first kappa shape index (κ1) is 20.9. The van der Waals surface area contributed by atoms with Gasteiger partial charge in [-0.05, 0) is 58.3 Å². The Labute approximate surface area is 187 Å². The van der Waals surface area contributed by atoms with Crippen molar-refractivity contribution in [3.8, 4) is 17.2 Å². The number of rotatable bonds is 8. The average Bonchev–Trinajstić information content (AvgIpc) is 2.82. The Kier molecular flexibility index (Phi) is 6.48. The number of hydrogen-bond donors (Lipinski definition) is 1. The third-order valence-electron chi connectivity index (χ3n) is 5.13. The molecule has 1 N–H and O–H groups in total. The third-order valence-corrected chi connectivity index (χ3v) is 5.41. The van der Waals surface area contributed by atoms with Crippen LogP contribution in [-0.2, 0) is 13.2 Å². The molecule has 158 valence electrons. The minimum Gasteiger partial charge on any atom is -0.497 e. The minimum absolute atomic E-state index is 0.404. The van der Waals surface area contributed by atoms with Gasteiger partial charge in [-0.3, -0.25) is 0 Å². The average molecular weight is 434 g/mol. The molecule has 0 aliphatic heterocycles. The largest absolute Gasteiger partial charge is 0.497 e. The van der Waals surface area contributed by atoms with Gasteiger partial charge in [0.2, 0.25) is 0 Å². The van der Waals surface area contributed by atoms with Crippen LogP contribution in [0.5, 0.6) is 17.2 Å². The smallest absolute Gasteiger partial charge is 0.180 e. The zero-order valence-electron chi connectivity index (χ0n) is 17.5. The lowest BCUT2D eigenvalue weighted by atomic mass is 10.1. The van der Waals surface area contributed by atoms with E-state index < -0.39 is 0 Å². The maximum Gasteiger partial charge on any atom is 0.180 e. The first-order valence-electron chi connectivity index (χ1n) is 10.0. The molecule has 0 unspecified atom stereocenters. The summed E-state index contributed by atoms with van der Waals surface area (Å²) in [5.41, 5.74) is 3.09. The standard InChI is InChI=1S/C26H24ClNO3/c1-29-22-12-10-21(11-13-22)28-16-18-14-24(27)26(25(15-18)30-2)31-17-20-8-5-7-19-6-3-4-9-23(19)20/h3-15,28H,16-17H2,1-2H3. The Bertz CT molecular complexity index is 1170. The lowest BCUT2D eigenvalue weighted by Gasteiger charge is -2.16. The molecule has 4 aromatic rings. The fourth-order valence-corrected chi connectivity index (χ4v) is 3.78. The van der Waals surface area contributed by atoms with E-state index in [0.29, 0.717) is 29.7 Å². The number of anilines is 1. The lowest BCUT2D eigenvalue weighted by Crippen LogP contribution is -2.03. The van der Waals surface area contributed by atoms with E-state index in [1.807, 2.05) is 54.6 Å². The van der Waals surface area contributed by atoms with Crippen LogP contribution in [0.4, 0.5) is 5.69 Å². The number of fused-ring (bicyclic) bond motifs is 1. The van der Waals surface area contributed by atoms with Crippen LogP contribution in [0.25, 0.3) is 10.8 Å². The van der Waals surface area contributed by atoms with Crippen LogP contribution in [0.1, 0.15) is 11.1 Å². The van der Waals surface area contributed by atoms with E-state index in [0.717, 1.165) is 22.6 Å². The van der Waals surface area contributed by atoms with Gasteiger partial charge in [0.05, 0.1) is 19.2 Å². The summed E-state index contributed by atoms with van der Waals surface area (Å²) in [6, 6.07) is 26.1. The van der Waals surface area contributed by atoms with E-state index in [4.69, 9.17) is 25.8 Å². The van der Waals surface area contributed by atoms with E-state index in [2.05, 4.69) is 29.6 Å². The normalized spacial score (nSPS) is 10.7. The van der Waals surface area contributed by atoms with Crippen molar-refractivity contribution in [3.63, 3.8) is 0 Å². The molecule has 0 spiro atoms. The van der Waals surface area contributed by atoms with Gasteiger partial charge in [0.15, 0.2) is 11.5 Å². The second-order valence-corrected chi connectivity index (χ2v) is 7.53. The van der Waals surface area contributed by atoms with Gasteiger partial charge in [0.1, 0.15) is 12.4 Å². The predicted octanol–water partition coefficient (Wildman–Crippen LogP) is 6.70. The molecular weight excluding hydrogens is 410 g/mol. The lowest BCUT2D eigenvalue weighted by molar-refractivity contribution is 0.285. The zero-order valence-corrected chi connectivity index (χ0v) is 18.3. The molecule has 5 heteroatoms. The van der Waals surface area contributed by atoms with Gasteiger partial charge in [-0.2, -0.15) is 0 Å². The summed E-state index contributed by atoms with van der Waals surface area (Å²) in [4.78, 5) is 0. The maximum absolute atomic E-state index is 6.57. The van der Waals surface area contributed by atoms with E-state index in [1.54, 1.807) is 14.2 Å². The van der Waals surface area contributed by atoms with Crippen LogP contribution in [0, 0.1) is 0 Å². The molecule has 4 nitrogen and oxygen atoms in total. The molecule has 4 rings (SSSR count). The molecule has 0 aliphatic carbocycles. The van der Waals surface area contributed by atoms with Gasteiger partial charge in [0, 0.05) is 12.2 Å². The molecule has 0 radical (unpaired) electrons. The topological polar surface area (TPSA) is 39.7 Å². The first-order valence-corrected chi connectivity index (χ1v) is 10.4. The van der Waals surface area contributed by atoms with Crippen molar-refractivity contribution in [3.05, 3.63) is 95.0 Å². The van der Waals surface area contributed by atoms with Crippen LogP contribution in [0.3, 0.4) is 0 Å². The van der Waals surface area contributed by atoms with Crippen molar-refractivity contribution in [2.45, 2.75) is 13.2 Å². The van der Waals surface area contributed by atoms with Crippen LogP contribution in [-0.4, -0.2) is 14.2 Å². The molecule has 0 fully saturated rings. The van der Waals surface area contributed by atoms with Crippen molar-refractivity contribution < 1.29 is 14.2 Å². The summed E-state index contributed by atoms with van der Waals surface area (Å²) in [5, 5.41) is 6.25. The van der Waals surface area contributed by atoms with Gasteiger partial charge >= 0.3 is 0 Å². The Balaban J connectivity index is 1.49. The molecule has 0 aromatic heterocycles. The molecule has 0 heterocycles. The number of benzene rings is 4. The molecule has 0 saturated carbocycles. The fourth-order valence-electron chi connectivity index (χ4n) is 3.50. The molecule has 0 saturated heterocycles. The van der Waals surface area contributed by atoms with Crippen LogP contribution in [0.2, 0.25) is 5.02 Å². The monoisotopic (exact) mass is 433 g/mol. The van der Waals surface area contributed by atoms with Crippen molar-refractivity contribution in [2.24, 2.45) is 0 Å². The first-order chi connectivity index (χ1) is 15.2. The van der Waals surface area contributed by atoms with E-state index in [-0.39, 0.29) is 0 Å². The van der Waals surface area contributed by atoms with E-state index in [1.165, 1.54) is 10.8 Å². The highest BCUT2D eigenvalue weighted by atomic mass is 35.5. The zero-order chi connectivity index (χ0) is 21.6. The summed E-state index contributed by atoms with van der Waals surface area (Å²) < 4.78 is 16.9. The van der Waals surface area contributed by atoms with Gasteiger partial charge < -0.3 is 19.5 Å². The quantitative estimate of drug-likeness (QED) is 0.335. The summed E-state index contributed by atoms with van der Waals surface area (Å²) in [5.74, 6) is 1.98. The van der Waals surface area contributed by atoms with Crippen molar-refractivity contribution in [2.75, 3.05) is 19.5 Å². The van der Waals surface area contributed by atoms with Crippen molar-refractivity contribution in [1.82, 2.24) is 0 Å². The van der Waals surface area contributed by atoms with Crippen LogP contribution >= 0.6 is 11.6 Å². The fraction of sp³-hybridized carbons (Fsp3) is 0.154. The maximum atomic E-state index is 6.57. The van der Waals surface area contributed by atoms with Gasteiger partial charge in [-0.15, -0.1) is 0 Å². The van der Waals surface area contributed by atoms with Crippen LogP contribution < -0.4 is 19.5 Å². The predicted molar refractivity (Wildman–Crippen MR) is 127 cm³/mol. The summed E-state index contributed by atoms with van der Waals surface area (Å²) in [6.07, 6.45) is 0. The Hall–Kier alpha value is -3.37. The molecule has 31 heavy (non-hydrogen) atoms. The Morgan fingerprint density at radius 3 is 2.39 bits per heavy atom. The number of methoxy groups -OCH3 is 2. The second kappa shape index (κ2) is 9.63. The molecule has 0 atom stereocenters. The molecular formula is C26H24ClNO3. The van der Waals surface area contributed by atoms with E-state index in [9.17, 15) is 0 Å². The van der Waals surface area contributed by atoms with Crippen molar-refractivity contribution in [1.29, 1.82) is 0 Å². The third kappa shape index (κ3) is 4.86. The highest BCUT2D eigenvalue weighted by molar-refractivity contribution is 6.32. The summed E-state index contributed by atoms with van der Waals surface area (Å²) in [7, 11) is 3.28. The molecule has 0 amide bonds. The Morgan fingerprint density at radius 2 is 1.61 bits per heavy atom. The second-order valence-electron chi connectivity index (χ2n) is 7.12. The van der Waals surface area contributed by atoms with Gasteiger partial charge in [-0.25, -0.2) is 0 Å². The molecule has 4 aromatic carbocycles. The van der Waals surface area contributed by atoms with Gasteiger partial charge in [0.25, 0.3) is 0 Å². The molecule has 0 aliphatic rings. The Morgan fingerprint density at radius 1 is 0.839 bits per heavy atom. The van der Waals surface area contributed by atoms with Crippen LogP contribution in [0.15, 0.2) is 78.9 Å². The number of nitrogens with one attached hydrogen (secondary N) is 1. The number of ether oxygens (including phenoxy) is 3.